The molecule has 4 nitrogen and oxygen atoms in total. The van der Waals surface area contributed by atoms with Gasteiger partial charge in [-0.3, -0.25) is 4.79 Å². The highest BCUT2D eigenvalue weighted by molar-refractivity contribution is 5.77. The molecule has 4 heteroatoms. The van der Waals surface area contributed by atoms with Gasteiger partial charge in [0.05, 0.1) is 12.2 Å². The smallest absolute Gasteiger partial charge is 0.223 e. The molecule has 1 aromatic rings. The Bertz CT molecular complexity index is 614. The zero-order chi connectivity index (χ0) is 18.9. The van der Waals surface area contributed by atoms with Crippen molar-refractivity contribution in [3.05, 3.63) is 29.8 Å². The lowest BCUT2D eigenvalue weighted by Crippen LogP contribution is -2.52. The van der Waals surface area contributed by atoms with E-state index in [4.69, 9.17) is 4.74 Å². The van der Waals surface area contributed by atoms with Gasteiger partial charge in [0.25, 0.3) is 0 Å². The van der Waals surface area contributed by atoms with Gasteiger partial charge >= 0.3 is 0 Å². The molecule has 2 aliphatic rings. The predicted molar refractivity (Wildman–Crippen MR) is 103 cm³/mol. The van der Waals surface area contributed by atoms with Crippen LogP contribution in [0.15, 0.2) is 24.3 Å². The van der Waals surface area contributed by atoms with Crippen molar-refractivity contribution in [1.29, 1.82) is 0 Å². The number of carbonyl (C=O) groups is 1. The quantitative estimate of drug-likeness (QED) is 0.807. The largest absolute Gasteiger partial charge is 0.494 e. The minimum atomic E-state index is -0.606. The molecule has 2 heterocycles. The van der Waals surface area contributed by atoms with E-state index in [1.165, 1.54) is 5.56 Å². The fourth-order valence-electron chi connectivity index (χ4n) is 4.46. The lowest BCUT2D eigenvalue weighted by atomic mass is 9.87. The molecule has 2 fully saturated rings. The highest BCUT2D eigenvalue weighted by atomic mass is 16.5. The Balaban J connectivity index is 1.43. The average Bonchev–Trinajstić information content (AvgIpc) is 2.83. The molecule has 0 spiro atoms. The number of amides is 1. The second-order valence-electron chi connectivity index (χ2n) is 9.32. The van der Waals surface area contributed by atoms with E-state index in [9.17, 15) is 9.90 Å². The predicted octanol–water partition coefficient (Wildman–Crippen LogP) is 4.05. The second-order valence-corrected chi connectivity index (χ2v) is 9.32. The number of fused-ring (bicyclic) bond motifs is 2. The third-order valence-electron chi connectivity index (χ3n) is 5.78. The van der Waals surface area contributed by atoms with E-state index in [-0.39, 0.29) is 23.4 Å². The molecule has 0 aliphatic carbocycles. The fourth-order valence-corrected chi connectivity index (χ4v) is 4.46. The monoisotopic (exact) mass is 359 g/mol. The summed E-state index contributed by atoms with van der Waals surface area (Å²) in [5, 5.41) is 10.3. The molecule has 26 heavy (non-hydrogen) atoms. The van der Waals surface area contributed by atoms with Gasteiger partial charge in [-0.1, -0.05) is 32.9 Å². The Morgan fingerprint density at radius 3 is 2.31 bits per heavy atom. The molecule has 3 rings (SSSR count). The van der Waals surface area contributed by atoms with Crippen LogP contribution in [0.2, 0.25) is 0 Å². The zero-order valence-electron chi connectivity index (χ0n) is 16.6. The van der Waals surface area contributed by atoms with Crippen molar-refractivity contribution in [3.8, 4) is 5.75 Å². The second kappa shape index (κ2) is 7.22. The van der Waals surface area contributed by atoms with E-state index >= 15 is 0 Å². The number of nitrogens with zero attached hydrogens (tertiary/aromatic N) is 1. The molecule has 2 unspecified atom stereocenters. The van der Waals surface area contributed by atoms with Crippen LogP contribution in [0.25, 0.3) is 0 Å². The number of rotatable bonds is 5. The molecular formula is C22H33NO3. The summed E-state index contributed by atoms with van der Waals surface area (Å²) >= 11 is 0. The van der Waals surface area contributed by atoms with E-state index in [0.29, 0.717) is 25.9 Å². The zero-order valence-corrected chi connectivity index (χ0v) is 16.6. The Morgan fingerprint density at radius 1 is 1.19 bits per heavy atom. The first-order valence-electron chi connectivity index (χ1n) is 9.93. The van der Waals surface area contributed by atoms with Crippen LogP contribution in [-0.4, -0.2) is 40.2 Å². The van der Waals surface area contributed by atoms with Gasteiger partial charge in [0.15, 0.2) is 0 Å². The maximum atomic E-state index is 12.6. The van der Waals surface area contributed by atoms with Gasteiger partial charge in [0.2, 0.25) is 5.91 Å². The molecule has 2 bridgehead atoms. The van der Waals surface area contributed by atoms with Gasteiger partial charge in [0.1, 0.15) is 5.75 Å². The maximum absolute atomic E-state index is 12.6. The summed E-state index contributed by atoms with van der Waals surface area (Å²) in [4.78, 5) is 14.7. The molecule has 2 atom stereocenters. The lowest BCUT2D eigenvalue weighted by Gasteiger charge is -2.42. The number of carbonyl (C=O) groups excluding carboxylic acids is 1. The Morgan fingerprint density at radius 2 is 1.77 bits per heavy atom. The van der Waals surface area contributed by atoms with E-state index < -0.39 is 5.60 Å². The van der Waals surface area contributed by atoms with E-state index in [1.54, 1.807) is 0 Å². The number of hydrogen-bond acceptors (Lipinski definition) is 3. The molecular weight excluding hydrogens is 326 g/mol. The number of aliphatic hydroxyl groups is 1. The Kier molecular flexibility index (Phi) is 5.34. The Labute approximate surface area is 157 Å². The molecule has 2 saturated heterocycles. The lowest BCUT2D eigenvalue weighted by molar-refractivity contribution is -0.140. The number of benzene rings is 1. The van der Waals surface area contributed by atoms with Crippen LogP contribution in [0.1, 0.15) is 71.8 Å². The van der Waals surface area contributed by atoms with Crippen molar-refractivity contribution in [3.63, 3.8) is 0 Å². The van der Waals surface area contributed by atoms with Crippen molar-refractivity contribution in [2.75, 3.05) is 6.61 Å². The molecule has 1 N–H and O–H groups in total. The van der Waals surface area contributed by atoms with Gasteiger partial charge in [-0.05, 0) is 62.1 Å². The van der Waals surface area contributed by atoms with Gasteiger partial charge < -0.3 is 14.7 Å². The SMILES string of the molecule is CC1(O)CC2CCC(C1)N2C(=O)CCCOc1ccc(C(C)(C)C)cc1. The summed E-state index contributed by atoms with van der Waals surface area (Å²) in [6.07, 6.45) is 4.74. The third kappa shape index (κ3) is 4.40. The van der Waals surface area contributed by atoms with Crippen molar-refractivity contribution >= 4 is 5.91 Å². The maximum Gasteiger partial charge on any atom is 0.223 e. The summed E-state index contributed by atoms with van der Waals surface area (Å²) in [6.45, 7) is 9.05. The van der Waals surface area contributed by atoms with Crippen molar-refractivity contribution in [1.82, 2.24) is 4.90 Å². The highest BCUT2D eigenvalue weighted by Crippen LogP contribution is 2.40. The highest BCUT2D eigenvalue weighted by Gasteiger charge is 2.46. The minimum Gasteiger partial charge on any atom is -0.494 e. The fraction of sp³-hybridized carbons (Fsp3) is 0.682. The number of hydrogen-bond donors (Lipinski definition) is 1. The first kappa shape index (κ1) is 19.2. The van der Waals surface area contributed by atoms with Gasteiger partial charge in [-0.25, -0.2) is 0 Å². The van der Waals surface area contributed by atoms with E-state index in [2.05, 4.69) is 37.8 Å². The third-order valence-corrected chi connectivity index (χ3v) is 5.78. The van der Waals surface area contributed by atoms with Crippen LogP contribution in [0, 0.1) is 0 Å². The van der Waals surface area contributed by atoms with Gasteiger partial charge in [-0.15, -0.1) is 0 Å². The van der Waals surface area contributed by atoms with Gasteiger partial charge in [-0.2, -0.15) is 0 Å². The first-order valence-corrected chi connectivity index (χ1v) is 9.93. The van der Waals surface area contributed by atoms with Gasteiger partial charge in [0, 0.05) is 18.5 Å². The molecule has 0 aromatic heterocycles. The summed E-state index contributed by atoms with van der Waals surface area (Å²) in [6, 6.07) is 8.68. The van der Waals surface area contributed by atoms with Crippen molar-refractivity contribution in [2.45, 2.75) is 89.3 Å². The average molecular weight is 360 g/mol. The standard InChI is InChI=1S/C22H33NO3/c1-21(2,3)16-7-11-19(12-8-16)26-13-5-6-20(24)23-17-9-10-18(23)15-22(4,25)14-17/h7-8,11-12,17-18,25H,5-6,9-10,13-15H2,1-4H3. The molecule has 0 saturated carbocycles. The Hall–Kier alpha value is -1.55. The van der Waals surface area contributed by atoms with Crippen molar-refractivity contribution < 1.29 is 14.6 Å². The molecule has 1 aromatic carbocycles. The van der Waals surface area contributed by atoms with Crippen LogP contribution in [0.4, 0.5) is 0 Å². The van der Waals surface area contributed by atoms with Crippen LogP contribution in [0.3, 0.4) is 0 Å². The van der Waals surface area contributed by atoms with Crippen LogP contribution >= 0.6 is 0 Å². The summed E-state index contributed by atoms with van der Waals surface area (Å²) in [5.74, 6) is 1.08. The molecule has 144 valence electrons. The normalized spacial score (nSPS) is 28.3. The molecule has 0 radical (unpaired) electrons. The van der Waals surface area contributed by atoms with Crippen LogP contribution in [0.5, 0.6) is 5.75 Å². The van der Waals surface area contributed by atoms with E-state index in [0.717, 1.165) is 25.0 Å². The van der Waals surface area contributed by atoms with E-state index in [1.807, 2.05) is 19.1 Å². The van der Waals surface area contributed by atoms with Crippen molar-refractivity contribution in [2.24, 2.45) is 0 Å². The summed E-state index contributed by atoms with van der Waals surface area (Å²) in [5.41, 5.74) is 0.824. The number of piperidine rings is 1. The minimum absolute atomic E-state index is 0.142. The molecule has 2 aliphatic heterocycles. The van der Waals surface area contributed by atoms with Crippen LogP contribution < -0.4 is 4.74 Å². The van der Waals surface area contributed by atoms with Crippen LogP contribution in [-0.2, 0) is 10.2 Å². The summed E-state index contributed by atoms with van der Waals surface area (Å²) < 4.78 is 5.80. The topological polar surface area (TPSA) is 49.8 Å². The summed E-state index contributed by atoms with van der Waals surface area (Å²) in [7, 11) is 0. The first-order chi connectivity index (χ1) is 12.2. The molecule has 1 amide bonds. The number of ether oxygens (including phenoxy) is 1.